The average molecular weight is 464 g/mol. The topological polar surface area (TPSA) is 115 Å². The summed E-state index contributed by atoms with van der Waals surface area (Å²) in [5, 5.41) is 2.59. The Balaban J connectivity index is 1.50. The van der Waals surface area contributed by atoms with Crippen molar-refractivity contribution in [1.82, 2.24) is 4.98 Å². The summed E-state index contributed by atoms with van der Waals surface area (Å²) < 4.78 is 34.3. The molecule has 0 unspecified atom stereocenters. The monoisotopic (exact) mass is 464 g/mol. The van der Waals surface area contributed by atoms with E-state index in [0.29, 0.717) is 11.4 Å². The standard InChI is InChI=1S/C24H18F2N4O4/c25-13-1-3-14(4-2-13)30(23(33)24(8-9-24)22(27)32)15-5-6-19(17(26)11-15)34-18-7-10-28-21-16(18)12-20(31)29-21/h1-7,10-11H,8-9,12H2,(H2,27,32)(H,28,29,31). The lowest BCUT2D eigenvalue weighted by Gasteiger charge is -2.26. The number of primary amides is 1. The van der Waals surface area contributed by atoms with Crippen molar-refractivity contribution in [2.75, 3.05) is 10.2 Å². The number of nitrogens with one attached hydrogen (secondary N) is 1. The van der Waals surface area contributed by atoms with Crippen molar-refractivity contribution in [2.24, 2.45) is 11.1 Å². The number of benzene rings is 2. The number of aromatic nitrogens is 1. The number of halogens is 2. The number of hydrogen-bond acceptors (Lipinski definition) is 5. The quantitative estimate of drug-likeness (QED) is 0.541. The summed E-state index contributed by atoms with van der Waals surface area (Å²) in [5.41, 5.74) is 4.97. The molecule has 1 aromatic heterocycles. The lowest BCUT2D eigenvalue weighted by Crippen LogP contribution is -2.41. The van der Waals surface area contributed by atoms with E-state index in [1.54, 1.807) is 0 Å². The third-order valence-corrected chi connectivity index (χ3v) is 5.92. The highest BCUT2D eigenvalue weighted by molar-refractivity contribution is 6.16. The van der Waals surface area contributed by atoms with Crippen LogP contribution in [0.1, 0.15) is 18.4 Å². The first-order valence-corrected chi connectivity index (χ1v) is 10.4. The average Bonchev–Trinajstić information content (AvgIpc) is 3.53. The van der Waals surface area contributed by atoms with Crippen LogP contribution < -0.4 is 20.7 Å². The molecule has 3 amide bonds. The smallest absolute Gasteiger partial charge is 0.247 e. The van der Waals surface area contributed by atoms with E-state index in [9.17, 15) is 18.8 Å². The predicted molar refractivity (Wildman–Crippen MR) is 117 cm³/mol. The van der Waals surface area contributed by atoms with Gasteiger partial charge in [-0.05, 0) is 55.3 Å². The first-order valence-electron chi connectivity index (χ1n) is 10.4. The van der Waals surface area contributed by atoms with Gasteiger partial charge in [0.1, 0.15) is 22.8 Å². The Morgan fingerprint density at radius 2 is 1.74 bits per heavy atom. The summed E-state index contributed by atoms with van der Waals surface area (Å²) in [6.45, 7) is 0. The number of carbonyl (C=O) groups excluding carboxylic acids is 3. The molecule has 3 N–H and O–H groups in total. The number of amides is 3. The summed E-state index contributed by atoms with van der Waals surface area (Å²) in [6, 6.07) is 10.4. The van der Waals surface area contributed by atoms with Crippen molar-refractivity contribution in [1.29, 1.82) is 0 Å². The number of carbonyl (C=O) groups is 3. The Labute approximate surface area is 192 Å². The fourth-order valence-electron chi connectivity index (χ4n) is 3.89. The molecular weight excluding hydrogens is 446 g/mol. The van der Waals surface area contributed by atoms with E-state index in [-0.39, 0.29) is 48.0 Å². The molecule has 172 valence electrons. The fraction of sp³-hybridized carbons (Fsp3) is 0.167. The summed E-state index contributed by atoms with van der Waals surface area (Å²) >= 11 is 0. The van der Waals surface area contributed by atoms with Gasteiger partial charge in [-0.25, -0.2) is 13.8 Å². The molecule has 1 aliphatic heterocycles. The minimum absolute atomic E-state index is 0.0558. The highest BCUT2D eigenvalue weighted by Gasteiger charge is 2.57. The van der Waals surface area contributed by atoms with Crippen molar-refractivity contribution in [2.45, 2.75) is 19.3 Å². The first kappa shape index (κ1) is 21.5. The van der Waals surface area contributed by atoms with Gasteiger partial charge in [-0.2, -0.15) is 0 Å². The van der Waals surface area contributed by atoms with Gasteiger partial charge in [0.05, 0.1) is 12.1 Å². The molecule has 1 aliphatic carbocycles. The molecule has 0 saturated heterocycles. The number of rotatable bonds is 6. The SMILES string of the molecule is NC(=O)C1(C(=O)N(c2ccc(F)cc2)c2ccc(Oc3ccnc4c3CC(=O)N4)c(F)c2)CC1. The Morgan fingerprint density at radius 3 is 2.38 bits per heavy atom. The highest BCUT2D eigenvalue weighted by atomic mass is 19.1. The summed E-state index contributed by atoms with van der Waals surface area (Å²) in [7, 11) is 0. The summed E-state index contributed by atoms with van der Waals surface area (Å²) in [5.74, 6) is -2.44. The Bertz CT molecular complexity index is 1340. The van der Waals surface area contributed by atoms with E-state index in [0.717, 1.165) is 23.1 Å². The molecule has 0 radical (unpaired) electrons. The Kier molecular flexibility index (Phi) is 5.00. The van der Waals surface area contributed by atoms with Crippen LogP contribution in [0, 0.1) is 17.0 Å². The molecule has 0 spiro atoms. The molecule has 0 atom stereocenters. The van der Waals surface area contributed by atoms with E-state index in [2.05, 4.69) is 10.3 Å². The van der Waals surface area contributed by atoms with Gasteiger partial charge in [-0.3, -0.25) is 19.3 Å². The van der Waals surface area contributed by atoms with E-state index < -0.39 is 28.9 Å². The number of nitrogens with zero attached hydrogens (tertiary/aromatic N) is 2. The number of nitrogens with two attached hydrogens (primary N) is 1. The number of anilines is 3. The third-order valence-electron chi connectivity index (χ3n) is 5.92. The van der Waals surface area contributed by atoms with Crippen LogP contribution in [0.3, 0.4) is 0 Å². The van der Waals surface area contributed by atoms with E-state index in [1.165, 1.54) is 36.5 Å². The number of pyridine rings is 1. The minimum Gasteiger partial charge on any atom is -0.454 e. The van der Waals surface area contributed by atoms with Crippen LogP contribution in [-0.4, -0.2) is 22.7 Å². The molecule has 34 heavy (non-hydrogen) atoms. The number of ether oxygens (including phenoxy) is 1. The molecular formula is C24H18F2N4O4. The third kappa shape index (κ3) is 3.62. The van der Waals surface area contributed by atoms with Crippen molar-refractivity contribution in [3.8, 4) is 11.5 Å². The van der Waals surface area contributed by atoms with Gasteiger partial charge >= 0.3 is 0 Å². The van der Waals surface area contributed by atoms with Crippen LogP contribution in [0.15, 0.2) is 54.7 Å². The van der Waals surface area contributed by atoms with Gasteiger partial charge in [0.15, 0.2) is 11.6 Å². The zero-order valence-corrected chi connectivity index (χ0v) is 17.7. The first-order chi connectivity index (χ1) is 16.3. The minimum atomic E-state index is -1.38. The maximum atomic E-state index is 15.1. The molecule has 0 bridgehead atoms. The summed E-state index contributed by atoms with van der Waals surface area (Å²) in [4.78, 5) is 42.2. The molecule has 2 heterocycles. The van der Waals surface area contributed by atoms with Gasteiger partial charge in [0.2, 0.25) is 17.7 Å². The lowest BCUT2D eigenvalue weighted by atomic mass is 10.0. The second kappa shape index (κ2) is 7.91. The number of hydrogen-bond donors (Lipinski definition) is 2. The van der Waals surface area contributed by atoms with Crippen molar-refractivity contribution >= 4 is 34.9 Å². The van der Waals surface area contributed by atoms with Crippen LogP contribution in [0.25, 0.3) is 0 Å². The molecule has 5 rings (SSSR count). The predicted octanol–water partition coefficient (Wildman–Crippen LogP) is 3.58. The van der Waals surface area contributed by atoms with Gasteiger partial charge in [-0.15, -0.1) is 0 Å². The largest absolute Gasteiger partial charge is 0.454 e. The van der Waals surface area contributed by atoms with Gasteiger partial charge < -0.3 is 15.8 Å². The van der Waals surface area contributed by atoms with Gasteiger partial charge in [0, 0.05) is 23.5 Å². The van der Waals surface area contributed by atoms with Crippen LogP contribution >= 0.6 is 0 Å². The van der Waals surface area contributed by atoms with E-state index >= 15 is 4.39 Å². The maximum absolute atomic E-state index is 15.1. The van der Waals surface area contributed by atoms with Crippen molar-refractivity contribution in [3.63, 3.8) is 0 Å². The van der Waals surface area contributed by atoms with Crippen LogP contribution in [-0.2, 0) is 20.8 Å². The van der Waals surface area contributed by atoms with Crippen LogP contribution in [0.2, 0.25) is 0 Å². The van der Waals surface area contributed by atoms with Crippen molar-refractivity contribution < 1.29 is 27.9 Å². The normalized spacial score (nSPS) is 15.3. The zero-order valence-electron chi connectivity index (χ0n) is 17.7. The Morgan fingerprint density at radius 1 is 1.03 bits per heavy atom. The van der Waals surface area contributed by atoms with Crippen molar-refractivity contribution in [3.05, 3.63) is 71.9 Å². The summed E-state index contributed by atoms with van der Waals surface area (Å²) in [6.07, 6.45) is 2.05. The highest BCUT2D eigenvalue weighted by Crippen LogP contribution is 2.49. The van der Waals surface area contributed by atoms with Crippen LogP contribution in [0.4, 0.5) is 26.0 Å². The molecule has 8 nitrogen and oxygen atoms in total. The second-order valence-corrected chi connectivity index (χ2v) is 8.14. The maximum Gasteiger partial charge on any atom is 0.247 e. The number of fused-ring (bicyclic) bond motifs is 1. The second-order valence-electron chi connectivity index (χ2n) is 8.14. The zero-order chi connectivity index (χ0) is 24.0. The molecule has 1 saturated carbocycles. The van der Waals surface area contributed by atoms with Gasteiger partial charge in [-0.1, -0.05) is 0 Å². The fourth-order valence-corrected chi connectivity index (χ4v) is 3.89. The Hall–Kier alpha value is -4.34. The molecule has 3 aromatic rings. The van der Waals surface area contributed by atoms with E-state index in [1.807, 2.05) is 0 Å². The molecule has 2 aromatic carbocycles. The molecule has 2 aliphatic rings. The van der Waals surface area contributed by atoms with Crippen LogP contribution in [0.5, 0.6) is 11.5 Å². The van der Waals surface area contributed by atoms with E-state index in [4.69, 9.17) is 10.5 Å². The molecule has 10 heteroatoms. The van der Waals surface area contributed by atoms with Gasteiger partial charge in [0.25, 0.3) is 0 Å². The molecule has 1 fully saturated rings. The lowest BCUT2D eigenvalue weighted by molar-refractivity contribution is -0.133.